The molecular weight excluding hydrogens is 283 g/mol. The highest BCUT2D eigenvalue weighted by Crippen LogP contribution is 2.26. The average Bonchev–Trinajstić information content (AvgIpc) is 2.68. The molecule has 5 heteroatoms. The molecule has 0 aliphatic heterocycles. The Morgan fingerprint density at radius 1 is 1.47 bits per heavy atom. The van der Waals surface area contributed by atoms with Gasteiger partial charge in [-0.2, -0.15) is 11.8 Å². The maximum absolute atomic E-state index is 13.6. The summed E-state index contributed by atoms with van der Waals surface area (Å²) in [7, 11) is 0. The van der Waals surface area contributed by atoms with Crippen LogP contribution in [0, 0.1) is 12.7 Å². The van der Waals surface area contributed by atoms with E-state index in [0.717, 1.165) is 22.6 Å². The van der Waals surface area contributed by atoms with Gasteiger partial charge in [-0.15, -0.1) is 11.6 Å². The SMILES string of the molecule is CSCC(C)n1c(CCCl)nc2cc(F)c(C)cc21. The first-order valence-electron chi connectivity index (χ1n) is 6.30. The van der Waals surface area contributed by atoms with Gasteiger partial charge >= 0.3 is 0 Å². The van der Waals surface area contributed by atoms with Crippen LogP contribution in [0.4, 0.5) is 4.39 Å². The molecule has 104 valence electrons. The van der Waals surface area contributed by atoms with Crippen molar-refractivity contribution in [2.75, 3.05) is 17.9 Å². The number of imidazole rings is 1. The summed E-state index contributed by atoms with van der Waals surface area (Å²) >= 11 is 7.64. The summed E-state index contributed by atoms with van der Waals surface area (Å²) in [6, 6.07) is 3.72. The summed E-state index contributed by atoms with van der Waals surface area (Å²) in [5, 5.41) is 0. The number of benzene rings is 1. The lowest BCUT2D eigenvalue weighted by atomic mass is 10.2. The second-order valence-corrected chi connectivity index (χ2v) is 6.02. The fourth-order valence-electron chi connectivity index (χ4n) is 2.34. The highest BCUT2D eigenvalue weighted by atomic mass is 35.5. The second-order valence-electron chi connectivity index (χ2n) is 4.73. The highest BCUT2D eigenvalue weighted by molar-refractivity contribution is 7.98. The minimum atomic E-state index is -0.202. The minimum absolute atomic E-state index is 0.202. The predicted octanol–water partition coefficient (Wildman–Crippen LogP) is 4.19. The first kappa shape index (κ1) is 14.7. The van der Waals surface area contributed by atoms with Crippen molar-refractivity contribution in [3.63, 3.8) is 0 Å². The molecule has 0 aliphatic rings. The smallest absolute Gasteiger partial charge is 0.128 e. The molecule has 0 saturated carbocycles. The minimum Gasteiger partial charge on any atom is -0.324 e. The third kappa shape index (κ3) is 2.90. The lowest BCUT2D eigenvalue weighted by molar-refractivity contribution is 0.596. The number of aryl methyl sites for hydroxylation is 2. The summed E-state index contributed by atoms with van der Waals surface area (Å²) in [6.07, 6.45) is 2.79. The number of aromatic nitrogens is 2. The van der Waals surface area contributed by atoms with E-state index in [1.165, 1.54) is 6.07 Å². The molecule has 1 heterocycles. The van der Waals surface area contributed by atoms with Crippen LogP contribution in [0.15, 0.2) is 12.1 Å². The van der Waals surface area contributed by atoms with Crippen molar-refractivity contribution in [3.8, 4) is 0 Å². The van der Waals surface area contributed by atoms with Crippen LogP contribution in [-0.2, 0) is 6.42 Å². The summed E-state index contributed by atoms with van der Waals surface area (Å²) in [6.45, 7) is 3.95. The Labute approximate surface area is 122 Å². The van der Waals surface area contributed by atoms with Gasteiger partial charge in [-0.25, -0.2) is 9.37 Å². The number of nitrogens with zero attached hydrogens (tertiary/aromatic N) is 2. The van der Waals surface area contributed by atoms with Gasteiger partial charge in [0.05, 0.1) is 11.0 Å². The first-order chi connectivity index (χ1) is 9.08. The Kier molecular flexibility index (Phi) is 4.74. The lowest BCUT2D eigenvalue weighted by Crippen LogP contribution is -2.12. The van der Waals surface area contributed by atoms with Gasteiger partial charge in [0, 0.05) is 30.2 Å². The molecule has 0 N–H and O–H groups in total. The topological polar surface area (TPSA) is 17.8 Å². The molecular formula is C14H18ClFN2S. The third-order valence-corrected chi connectivity index (χ3v) is 4.21. The molecule has 0 bridgehead atoms. The van der Waals surface area contributed by atoms with E-state index in [1.54, 1.807) is 18.7 Å². The highest BCUT2D eigenvalue weighted by Gasteiger charge is 2.16. The van der Waals surface area contributed by atoms with E-state index >= 15 is 0 Å². The van der Waals surface area contributed by atoms with Gasteiger partial charge in [-0.3, -0.25) is 0 Å². The van der Waals surface area contributed by atoms with Gasteiger partial charge < -0.3 is 4.57 Å². The summed E-state index contributed by atoms with van der Waals surface area (Å²) < 4.78 is 15.8. The second kappa shape index (κ2) is 6.14. The Hall–Kier alpha value is -0.740. The summed E-state index contributed by atoms with van der Waals surface area (Å²) in [4.78, 5) is 4.54. The Bertz CT molecular complexity index is 582. The molecule has 1 aromatic heterocycles. The lowest BCUT2D eigenvalue weighted by Gasteiger charge is -2.16. The van der Waals surface area contributed by atoms with Crippen LogP contribution in [0.2, 0.25) is 0 Å². The Morgan fingerprint density at radius 2 is 2.21 bits per heavy atom. The van der Waals surface area contributed by atoms with Crippen molar-refractivity contribution < 1.29 is 4.39 Å². The van der Waals surface area contributed by atoms with E-state index in [0.29, 0.717) is 23.9 Å². The number of alkyl halides is 1. The van der Waals surface area contributed by atoms with Crippen LogP contribution in [-0.4, -0.2) is 27.4 Å². The van der Waals surface area contributed by atoms with Gasteiger partial charge in [0.2, 0.25) is 0 Å². The van der Waals surface area contributed by atoms with E-state index in [4.69, 9.17) is 11.6 Å². The van der Waals surface area contributed by atoms with Gasteiger partial charge in [0.1, 0.15) is 11.6 Å². The van der Waals surface area contributed by atoms with Crippen LogP contribution in [0.25, 0.3) is 11.0 Å². The quantitative estimate of drug-likeness (QED) is 0.771. The normalized spacial score (nSPS) is 13.1. The van der Waals surface area contributed by atoms with Crippen molar-refractivity contribution in [2.24, 2.45) is 0 Å². The molecule has 0 radical (unpaired) electrons. The maximum Gasteiger partial charge on any atom is 0.128 e. The average molecular weight is 301 g/mol. The van der Waals surface area contributed by atoms with Crippen molar-refractivity contribution in [3.05, 3.63) is 29.3 Å². The number of halogens is 2. The standard InChI is InChI=1S/C14H18ClFN2S/c1-9-6-13-12(7-11(9)16)17-14(4-5-15)18(13)10(2)8-19-3/h6-7,10H,4-5,8H2,1-3H3. The van der Waals surface area contributed by atoms with E-state index < -0.39 is 0 Å². The van der Waals surface area contributed by atoms with E-state index in [9.17, 15) is 4.39 Å². The molecule has 0 fully saturated rings. The fourth-order valence-corrected chi connectivity index (χ4v) is 3.14. The van der Waals surface area contributed by atoms with Crippen LogP contribution in [0.5, 0.6) is 0 Å². The first-order valence-corrected chi connectivity index (χ1v) is 8.23. The number of hydrogen-bond acceptors (Lipinski definition) is 2. The predicted molar refractivity (Wildman–Crippen MR) is 81.9 cm³/mol. The zero-order valence-corrected chi connectivity index (χ0v) is 13.0. The molecule has 0 aliphatic carbocycles. The molecule has 1 unspecified atom stereocenters. The van der Waals surface area contributed by atoms with E-state index in [1.807, 2.05) is 6.07 Å². The van der Waals surface area contributed by atoms with Crippen LogP contribution >= 0.6 is 23.4 Å². The van der Waals surface area contributed by atoms with E-state index in [-0.39, 0.29) is 5.82 Å². The molecule has 1 atom stereocenters. The van der Waals surface area contributed by atoms with E-state index in [2.05, 4.69) is 22.7 Å². The number of thioether (sulfide) groups is 1. The monoisotopic (exact) mass is 300 g/mol. The Balaban J connectivity index is 2.61. The molecule has 0 saturated heterocycles. The van der Waals surface area contributed by atoms with Crippen molar-refractivity contribution in [1.82, 2.24) is 9.55 Å². The number of fused-ring (bicyclic) bond motifs is 1. The summed E-state index contributed by atoms with van der Waals surface area (Å²) in [5.41, 5.74) is 2.37. The Morgan fingerprint density at radius 3 is 2.84 bits per heavy atom. The van der Waals surface area contributed by atoms with Gasteiger partial charge in [0.15, 0.2) is 0 Å². The number of rotatable bonds is 5. The summed E-state index contributed by atoms with van der Waals surface area (Å²) in [5.74, 6) is 2.26. The molecule has 0 spiro atoms. The van der Waals surface area contributed by atoms with Crippen LogP contribution in [0.1, 0.15) is 24.4 Å². The van der Waals surface area contributed by atoms with Gasteiger partial charge in [-0.05, 0) is 31.7 Å². The zero-order valence-electron chi connectivity index (χ0n) is 11.4. The number of hydrogen-bond donors (Lipinski definition) is 0. The molecule has 2 nitrogen and oxygen atoms in total. The van der Waals surface area contributed by atoms with Crippen molar-refractivity contribution >= 4 is 34.4 Å². The van der Waals surface area contributed by atoms with Crippen LogP contribution < -0.4 is 0 Å². The maximum atomic E-state index is 13.6. The third-order valence-electron chi connectivity index (χ3n) is 3.21. The molecule has 19 heavy (non-hydrogen) atoms. The van der Waals surface area contributed by atoms with Crippen molar-refractivity contribution in [2.45, 2.75) is 26.3 Å². The van der Waals surface area contributed by atoms with Gasteiger partial charge in [-0.1, -0.05) is 0 Å². The molecule has 2 rings (SSSR count). The van der Waals surface area contributed by atoms with Crippen molar-refractivity contribution in [1.29, 1.82) is 0 Å². The van der Waals surface area contributed by atoms with Gasteiger partial charge in [0.25, 0.3) is 0 Å². The zero-order chi connectivity index (χ0) is 14.0. The largest absolute Gasteiger partial charge is 0.324 e. The molecule has 0 amide bonds. The molecule has 2 aromatic rings. The fraction of sp³-hybridized carbons (Fsp3) is 0.500. The van der Waals surface area contributed by atoms with Crippen LogP contribution in [0.3, 0.4) is 0 Å². The molecule has 1 aromatic carbocycles.